The van der Waals surface area contributed by atoms with E-state index in [-0.39, 0.29) is 0 Å². The topological polar surface area (TPSA) is 18.5 Å². The Kier molecular flexibility index (Phi) is 4.58. The van der Waals surface area contributed by atoms with Crippen molar-refractivity contribution < 1.29 is 0 Å². The molecule has 2 saturated heterocycles. The van der Waals surface area contributed by atoms with Crippen LogP contribution in [0.3, 0.4) is 0 Å². The van der Waals surface area contributed by atoms with Gasteiger partial charge in [0.15, 0.2) is 0 Å². The highest BCUT2D eigenvalue weighted by molar-refractivity contribution is 5.42. The zero-order valence-electron chi connectivity index (χ0n) is 12.6. The van der Waals surface area contributed by atoms with Gasteiger partial charge in [-0.05, 0) is 38.4 Å². The Bertz CT molecular complexity index is 406. The number of nitrogens with one attached hydrogen (secondary N) is 1. The minimum atomic E-state index is 0.610. The van der Waals surface area contributed by atoms with E-state index in [0.717, 1.165) is 12.6 Å². The zero-order valence-corrected chi connectivity index (χ0v) is 12.6. The van der Waals surface area contributed by atoms with Gasteiger partial charge in [-0.25, -0.2) is 0 Å². The van der Waals surface area contributed by atoms with E-state index in [2.05, 4.69) is 52.4 Å². The Labute approximate surface area is 123 Å². The van der Waals surface area contributed by atoms with Crippen molar-refractivity contribution in [1.29, 1.82) is 0 Å². The molecule has 2 unspecified atom stereocenters. The van der Waals surface area contributed by atoms with E-state index in [1.165, 1.54) is 51.1 Å². The average molecular weight is 273 g/mol. The van der Waals surface area contributed by atoms with Gasteiger partial charge in [0.05, 0.1) is 0 Å². The first kappa shape index (κ1) is 13.9. The third kappa shape index (κ3) is 3.33. The number of rotatable bonds is 4. The molecule has 3 nitrogen and oxygen atoms in total. The van der Waals surface area contributed by atoms with Crippen LogP contribution in [0.2, 0.25) is 0 Å². The number of anilines is 1. The molecule has 1 aromatic rings. The molecule has 0 bridgehead atoms. The summed E-state index contributed by atoms with van der Waals surface area (Å²) in [4.78, 5) is 5.37. The zero-order chi connectivity index (χ0) is 13.8. The van der Waals surface area contributed by atoms with E-state index < -0.39 is 0 Å². The van der Waals surface area contributed by atoms with Crippen molar-refractivity contribution in [2.24, 2.45) is 0 Å². The van der Waals surface area contributed by atoms with Crippen LogP contribution in [-0.2, 0) is 0 Å². The van der Waals surface area contributed by atoms with Crippen LogP contribution >= 0.6 is 0 Å². The number of nitrogens with zero attached hydrogens (tertiary/aromatic N) is 2. The van der Waals surface area contributed by atoms with Gasteiger partial charge in [-0.1, -0.05) is 24.6 Å². The van der Waals surface area contributed by atoms with Crippen LogP contribution < -0.4 is 5.32 Å². The van der Waals surface area contributed by atoms with Crippen LogP contribution in [0, 0.1) is 0 Å². The normalized spacial score (nSPS) is 25.9. The molecule has 2 aliphatic rings. The summed E-state index contributed by atoms with van der Waals surface area (Å²) in [6.45, 7) is 8.48. The molecular formula is C17H27N3. The van der Waals surface area contributed by atoms with Gasteiger partial charge in [0.2, 0.25) is 0 Å². The predicted molar refractivity (Wildman–Crippen MR) is 85.2 cm³/mol. The number of piperazine rings is 1. The first-order valence-corrected chi connectivity index (χ1v) is 8.10. The summed E-state index contributed by atoms with van der Waals surface area (Å²) >= 11 is 0. The lowest BCUT2D eigenvalue weighted by Crippen LogP contribution is -2.57. The van der Waals surface area contributed by atoms with Crippen LogP contribution in [0.5, 0.6) is 0 Å². The molecular weight excluding hydrogens is 246 g/mol. The van der Waals surface area contributed by atoms with Crippen molar-refractivity contribution in [2.45, 2.75) is 38.3 Å². The molecule has 0 radical (unpaired) electrons. The minimum Gasteiger partial charge on any atom is -0.383 e. The maximum absolute atomic E-state index is 3.56. The number of para-hydroxylation sites is 1. The van der Waals surface area contributed by atoms with Gasteiger partial charge in [-0.3, -0.25) is 9.80 Å². The number of fused-ring (bicyclic) bond motifs is 1. The second-order valence-corrected chi connectivity index (χ2v) is 6.28. The van der Waals surface area contributed by atoms with Gasteiger partial charge in [-0.15, -0.1) is 0 Å². The molecule has 3 heteroatoms. The monoisotopic (exact) mass is 273 g/mol. The first-order chi connectivity index (χ1) is 9.83. The molecule has 0 aromatic heterocycles. The molecule has 110 valence electrons. The molecule has 2 heterocycles. The fourth-order valence-corrected chi connectivity index (χ4v) is 3.53. The van der Waals surface area contributed by atoms with E-state index in [1.54, 1.807) is 0 Å². The molecule has 0 aliphatic carbocycles. The lowest BCUT2D eigenvalue weighted by Gasteiger charge is -2.46. The Morgan fingerprint density at radius 2 is 2.00 bits per heavy atom. The fourth-order valence-electron chi connectivity index (χ4n) is 3.53. The van der Waals surface area contributed by atoms with Gasteiger partial charge in [0.1, 0.15) is 0 Å². The van der Waals surface area contributed by atoms with Crippen molar-refractivity contribution in [3.63, 3.8) is 0 Å². The Balaban J connectivity index is 1.49. The summed E-state index contributed by atoms with van der Waals surface area (Å²) in [5.41, 5.74) is 1.23. The van der Waals surface area contributed by atoms with Crippen LogP contribution in [-0.4, -0.2) is 54.6 Å². The number of hydrogen-bond acceptors (Lipinski definition) is 3. The van der Waals surface area contributed by atoms with Gasteiger partial charge in [0.25, 0.3) is 0 Å². The highest BCUT2D eigenvalue weighted by atomic mass is 15.3. The summed E-state index contributed by atoms with van der Waals surface area (Å²) < 4.78 is 0. The number of piperidine rings is 1. The van der Waals surface area contributed by atoms with Crippen molar-refractivity contribution in [3.8, 4) is 0 Å². The first-order valence-electron chi connectivity index (χ1n) is 8.10. The lowest BCUT2D eigenvalue weighted by atomic mass is 9.99. The third-order valence-corrected chi connectivity index (χ3v) is 4.87. The van der Waals surface area contributed by atoms with Gasteiger partial charge in [0, 0.05) is 44.0 Å². The van der Waals surface area contributed by atoms with E-state index in [9.17, 15) is 0 Å². The maximum Gasteiger partial charge on any atom is 0.0340 e. The second kappa shape index (κ2) is 6.59. The van der Waals surface area contributed by atoms with Crippen LogP contribution in [0.25, 0.3) is 0 Å². The van der Waals surface area contributed by atoms with Gasteiger partial charge in [-0.2, -0.15) is 0 Å². The molecule has 0 amide bonds. The molecule has 3 rings (SSSR count). The molecule has 0 spiro atoms. The molecule has 20 heavy (non-hydrogen) atoms. The molecule has 0 saturated carbocycles. The molecule has 1 N–H and O–H groups in total. The number of benzene rings is 1. The Morgan fingerprint density at radius 3 is 2.85 bits per heavy atom. The largest absolute Gasteiger partial charge is 0.383 e. The van der Waals surface area contributed by atoms with Gasteiger partial charge >= 0.3 is 0 Å². The number of hydrogen-bond donors (Lipinski definition) is 1. The standard InChI is InChI=1S/C17H27N3/c1-15(13-18-16-7-3-2-4-8-16)20-12-11-19-10-6-5-9-17(19)14-20/h2-4,7-8,15,17-18H,5-6,9-14H2,1H3. The predicted octanol–water partition coefficient (Wildman–Crippen LogP) is 2.66. The summed E-state index contributed by atoms with van der Waals surface area (Å²) in [7, 11) is 0. The molecule has 2 fully saturated rings. The Morgan fingerprint density at radius 1 is 1.15 bits per heavy atom. The van der Waals surface area contributed by atoms with Crippen molar-refractivity contribution in [2.75, 3.05) is 38.0 Å². The highest BCUT2D eigenvalue weighted by Crippen LogP contribution is 2.22. The summed E-state index contributed by atoms with van der Waals surface area (Å²) in [5.74, 6) is 0. The SMILES string of the molecule is CC(CNc1ccccc1)N1CCN2CCCCC2C1. The van der Waals surface area contributed by atoms with E-state index >= 15 is 0 Å². The average Bonchev–Trinajstić information content (AvgIpc) is 2.53. The van der Waals surface area contributed by atoms with E-state index in [4.69, 9.17) is 0 Å². The molecule has 2 atom stereocenters. The maximum atomic E-state index is 3.56. The third-order valence-electron chi connectivity index (χ3n) is 4.87. The summed E-state index contributed by atoms with van der Waals surface area (Å²) in [5, 5.41) is 3.56. The van der Waals surface area contributed by atoms with Crippen molar-refractivity contribution >= 4 is 5.69 Å². The second-order valence-electron chi connectivity index (χ2n) is 6.28. The molecule has 1 aromatic carbocycles. The van der Waals surface area contributed by atoms with Crippen LogP contribution in [0.4, 0.5) is 5.69 Å². The van der Waals surface area contributed by atoms with Crippen molar-refractivity contribution in [1.82, 2.24) is 9.80 Å². The lowest BCUT2D eigenvalue weighted by molar-refractivity contribution is 0.0337. The van der Waals surface area contributed by atoms with Crippen LogP contribution in [0.1, 0.15) is 26.2 Å². The van der Waals surface area contributed by atoms with Gasteiger partial charge < -0.3 is 5.32 Å². The van der Waals surface area contributed by atoms with E-state index in [0.29, 0.717) is 6.04 Å². The van der Waals surface area contributed by atoms with Crippen LogP contribution in [0.15, 0.2) is 30.3 Å². The molecule has 2 aliphatic heterocycles. The summed E-state index contributed by atoms with van der Waals surface area (Å²) in [6, 6.07) is 12.0. The summed E-state index contributed by atoms with van der Waals surface area (Å²) in [6.07, 6.45) is 4.22. The Hall–Kier alpha value is -1.06. The quantitative estimate of drug-likeness (QED) is 0.910. The highest BCUT2D eigenvalue weighted by Gasteiger charge is 2.30. The fraction of sp³-hybridized carbons (Fsp3) is 0.647. The smallest absolute Gasteiger partial charge is 0.0340 e. The van der Waals surface area contributed by atoms with Crippen molar-refractivity contribution in [3.05, 3.63) is 30.3 Å². The van der Waals surface area contributed by atoms with E-state index in [1.807, 2.05) is 0 Å². The minimum absolute atomic E-state index is 0.610.